The fourth-order valence-corrected chi connectivity index (χ4v) is 2.73. The normalized spacial score (nSPS) is 13.8. The van der Waals surface area contributed by atoms with Crippen LogP contribution in [-0.2, 0) is 17.8 Å². The smallest absolute Gasteiger partial charge is 0.241 e. The molecular formula is C20H24N2O3. The number of hydrogen-bond acceptors (Lipinski definition) is 4. The highest BCUT2D eigenvalue weighted by Gasteiger charge is 2.20. The van der Waals surface area contributed by atoms with Crippen molar-refractivity contribution in [1.29, 1.82) is 0 Å². The van der Waals surface area contributed by atoms with Gasteiger partial charge in [0.2, 0.25) is 12.7 Å². The number of carbonyl (C=O) groups is 1. The lowest BCUT2D eigenvalue weighted by Gasteiger charge is -2.24. The summed E-state index contributed by atoms with van der Waals surface area (Å²) < 4.78 is 10.6. The molecule has 0 aromatic heterocycles. The highest BCUT2D eigenvalue weighted by Crippen LogP contribution is 2.34. The molecule has 5 heteroatoms. The Morgan fingerprint density at radius 3 is 2.52 bits per heavy atom. The quantitative estimate of drug-likeness (QED) is 0.875. The van der Waals surface area contributed by atoms with Gasteiger partial charge >= 0.3 is 0 Å². The summed E-state index contributed by atoms with van der Waals surface area (Å²) in [4.78, 5) is 14.6. The maximum Gasteiger partial charge on any atom is 0.241 e. The van der Waals surface area contributed by atoms with Crippen molar-refractivity contribution in [3.63, 3.8) is 0 Å². The van der Waals surface area contributed by atoms with E-state index in [1.807, 2.05) is 31.0 Å². The number of hydrogen-bond donors (Lipinski definition) is 1. The molecule has 3 rings (SSSR count). The number of benzene rings is 2. The molecule has 1 unspecified atom stereocenters. The summed E-state index contributed by atoms with van der Waals surface area (Å²) in [6.45, 7) is 4.99. The second-order valence-corrected chi connectivity index (χ2v) is 6.32. The van der Waals surface area contributed by atoms with Gasteiger partial charge in [-0.2, -0.15) is 0 Å². The fourth-order valence-electron chi connectivity index (χ4n) is 2.73. The van der Waals surface area contributed by atoms with Crippen LogP contribution in [0.5, 0.6) is 11.5 Å². The van der Waals surface area contributed by atoms with Gasteiger partial charge in [-0.1, -0.05) is 31.2 Å². The molecule has 0 aliphatic carbocycles. The minimum absolute atomic E-state index is 0.0495. The molecule has 25 heavy (non-hydrogen) atoms. The van der Waals surface area contributed by atoms with Crippen LogP contribution in [0.2, 0.25) is 0 Å². The van der Waals surface area contributed by atoms with E-state index < -0.39 is 0 Å². The predicted molar refractivity (Wildman–Crippen MR) is 97.9 cm³/mol. The molecule has 2 aromatic rings. The minimum Gasteiger partial charge on any atom is -0.454 e. The van der Waals surface area contributed by atoms with E-state index >= 15 is 0 Å². The Morgan fingerprint density at radius 2 is 1.80 bits per heavy atom. The zero-order valence-electron chi connectivity index (χ0n) is 14.9. The first-order valence-electron chi connectivity index (χ1n) is 8.55. The molecule has 0 saturated carbocycles. The van der Waals surface area contributed by atoms with Crippen LogP contribution in [0.15, 0.2) is 42.5 Å². The topological polar surface area (TPSA) is 50.8 Å². The molecule has 0 radical (unpaired) electrons. The van der Waals surface area contributed by atoms with Gasteiger partial charge < -0.3 is 14.8 Å². The summed E-state index contributed by atoms with van der Waals surface area (Å²) in [5.41, 5.74) is 3.23. The molecule has 1 heterocycles. The molecule has 1 aliphatic rings. The summed E-state index contributed by atoms with van der Waals surface area (Å²) in [5.74, 6) is 1.32. The van der Waals surface area contributed by atoms with Crippen molar-refractivity contribution >= 4 is 11.6 Å². The molecular weight excluding hydrogens is 316 g/mol. The van der Waals surface area contributed by atoms with Crippen LogP contribution in [0.25, 0.3) is 0 Å². The van der Waals surface area contributed by atoms with Gasteiger partial charge in [-0.3, -0.25) is 9.69 Å². The molecule has 132 valence electrons. The zero-order chi connectivity index (χ0) is 17.8. The summed E-state index contributed by atoms with van der Waals surface area (Å²) >= 11 is 0. The first-order chi connectivity index (χ1) is 12.1. The van der Waals surface area contributed by atoms with E-state index in [1.54, 1.807) is 6.07 Å². The Hall–Kier alpha value is -2.53. The van der Waals surface area contributed by atoms with E-state index in [2.05, 4.69) is 36.5 Å². The van der Waals surface area contributed by atoms with Gasteiger partial charge in [0.25, 0.3) is 0 Å². The number of nitrogens with one attached hydrogen (secondary N) is 1. The first kappa shape index (κ1) is 17.3. The largest absolute Gasteiger partial charge is 0.454 e. The Bertz CT molecular complexity index is 743. The summed E-state index contributed by atoms with van der Waals surface area (Å²) in [7, 11) is 1.96. The summed E-state index contributed by atoms with van der Waals surface area (Å²) in [6, 6.07) is 13.7. The number of anilines is 1. The van der Waals surface area contributed by atoms with Crippen LogP contribution in [0.1, 0.15) is 25.0 Å². The van der Waals surface area contributed by atoms with Crippen LogP contribution >= 0.6 is 0 Å². The molecule has 5 nitrogen and oxygen atoms in total. The van der Waals surface area contributed by atoms with Gasteiger partial charge in [0.15, 0.2) is 11.5 Å². The molecule has 0 spiro atoms. The molecule has 2 aromatic carbocycles. The number of rotatable bonds is 6. The number of amides is 1. The molecule has 1 amide bonds. The number of aryl methyl sites for hydroxylation is 1. The maximum atomic E-state index is 12.5. The summed E-state index contributed by atoms with van der Waals surface area (Å²) in [5, 5.41) is 2.94. The number of nitrogens with zero attached hydrogens (tertiary/aromatic N) is 1. The van der Waals surface area contributed by atoms with E-state index in [4.69, 9.17) is 9.47 Å². The molecule has 0 saturated heterocycles. The Labute approximate surface area is 148 Å². The number of likely N-dealkylation sites (N-methyl/N-ethyl adjacent to an activating group) is 1. The zero-order valence-corrected chi connectivity index (χ0v) is 14.9. The van der Waals surface area contributed by atoms with Gasteiger partial charge in [-0.05, 0) is 43.7 Å². The van der Waals surface area contributed by atoms with Crippen molar-refractivity contribution < 1.29 is 14.3 Å². The van der Waals surface area contributed by atoms with Crippen LogP contribution in [0, 0.1) is 0 Å². The van der Waals surface area contributed by atoms with E-state index in [-0.39, 0.29) is 18.7 Å². The molecule has 1 N–H and O–H groups in total. The van der Waals surface area contributed by atoms with Gasteiger partial charge in [-0.15, -0.1) is 0 Å². The SMILES string of the molecule is CCc1ccc(CN(C)C(C)C(=O)Nc2ccc3c(c2)OCO3)cc1. The van der Waals surface area contributed by atoms with Crippen LogP contribution in [0.3, 0.4) is 0 Å². The molecule has 1 atom stereocenters. The highest BCUT2D eigenvalue weighted by atomic mass is 16.7. The van der Waals surface area contributed by atoms with Gasteiger partial charge in [0.1, 0.15) is 0 Å². The predicted octanol–water partition coefficient (Wildman–Crippen LogP) is 3.44. The average Bonchev–Trinajstić information content (AvgIpc) is 3.09. The number of carbonyl (C=O) groups excluding carboxylic acids is 1. The lowest BCUT2D eigenvalue weighted by Crippen LogP contribution is -2.39. The van der Waals surface area contributed by atoms with E-state index in [0.29, 0.717) is 17.2 Å². The van der Waals surface area contributed by atoms with Crippen molar-refractivity contribution in [2.24, 2.45) is 0 Å². The third-order valence-electron chi connectivity index (χ3n) is 4.54. The molecule has 0 bridgehead atoms. The van der Waals surface area contributed by atoms with Gasteiger partial charge in [0, 0.05) is 18.3 Å². The Morgan fingerprint density at radius 1 is 1.12 bits per heavy atom. The maximum absolute atomic E-state index is 12.5. The van der Waals surface area contributed by atoms with Crippen molar-refractivity contribution in [1.82, 2.24) is 4.90 Å². The van der Waals surface area contributed by atoms with E-state index in [9.17, 15) is 4.79 Å². The fraction of sp³-hybridized carbons (Fsp3) is 0.350. The lowest BCUT2D eigenvalue weighted by molar-refractivity contribution is -0.120. The van der Waals surface area contributed by atoms with E-state index in [1.165, 1.54) is 11.1 Å². The number of fused-ring (bicyclic) bond motifs is 1. The monoisotopic (exact) mass is 340 g/mol. The average molecular weight is 340 g/mol. The first-order valence-corrected chi connectivity index (χ1v) is 8.55. The standard InChI is InChI=1S/C20H24N2O3/c1-4-15-5-7-16(8-6-15)12-22(3)14(2)20(23)21-17-9-10-18-19(11-17)25-13-24-18/h5-11,14H,4,12-13H2,1-3H3,(H,21,23). The van der Waals surface area contributed by atoms with Crippen molar-refractivity contribution in [3.8, 4) is 11.5 Å². The van der Waals surface area contributed by atoms with Gasteiger partial charge in [0.05, 0.1) is 6.04 Å². The van der Waals surface area contributed by atoms with Crippen LogP contribution in [0.4, 0.5) is 5.69 Å². The minimum atomic E-state index is -0.253. The second kappa shape index (κ2) is 7.57. The Balaban J connectivity index is 1.59. The molecule has 1 aliphatic heterocycles. The number of ether oxygens (including phenoxy) is 2. The van der Waals surface area contributed by atoms with Crippen LogP contribution in [-0.4, -0.2) is 30.7 Å². The molecule has 0 fully saturated rings. The van der Waals surface area contributed by atoms with Crippen molar-refractivity contribution in [2.45, 2.75) is 32.9 Å². The third kappa shape index (κ3) is 4.12. The van der Waals surface area contributed by atoms with Crippen molar-refractivity contribution in [2.75, 3.05) is 19.2 Å². The van der Waals surface area contributed by atoms with E-state index in [0.717, 1.165) is 13.0 Å². The summed E-state index contributed by atoms with van der Waals surface area (Å²) in [6.07, 6.45) is 1.03. The van der Waals surface area contributed by atoms with Gasteiger partial charge in [-0.25, -0.2) is 0 Å². The van der Waals surface area contributed by atoms with Crippen molar-refractivity contribution in [3.05, 3.63) is 53.6 Å². The third-order valence-corrected chi connectivity index (χ3v) is 4.54. The lowest BCUT2D eigenvalue weighted by atomic mass is 10.1. The Kier molecular flexibility index (Phi) is 5.24. The second-order valence-electron chi connectivity index (χ2n) is 6.32. The van der Waals surface area contributed by atoms with Crippen LogP contribution < -0.4 is 14.8 Å². The highest BCUT2D eigenvalue weighted by molar-refractivity contribution is 5.94.